The van der Waals surface area contributed by atoms with Crippen LogP contribution in [0.4, 0.5) is 0 Å². The first kappa shape index (κ1) is 17.4. The number of nitrogens with two attached hydrogens (primary N) is 1. The summed E-state index contributed by atoms with van der Waals surface area (Å²) in [6, 6.07) is 0.373. The molecule has 4 nitrogen and oxygen atoms in total. The Kier molecular flexibility index (Phi) is 6.96. The number of nitrogens with zero attached hydrogens (tertiary/aromatic N) is 1. The van der Waals surface area contributed by atoms with Crippen molar-refractivity contribution in [1.82, 2.24) is 10.2 Å². The van der Waals surface area contributed by atoms with E-state index in [0.29, 0.717) is 25.0 Å². The molecule has 1 rings (SSSR count). The van der Waals surface area contributed by atoms with Gasteiger partial charge in [0, 0.05) is 12.6 Å². The molecule has 118 valence electrons. The van der Waals surface area contributed by atoms with Crippen molar-refractivity contribution in [3.63, 3.8) is 0 Å². The van der Waals surface area contributed by atoms with E-state index in [1.54, 1.807) is 0 Å². The number of hydrogen-bond acceptors (Lipinski definition) is 3. The highest BCUT2D eigenvalue weighted by molar-refractivity contribution is 5.78. The van der Waals surface area contributed by atoms with E-state index in [9.17, 15) is 4.79 Å². The molecule has 0 aliphatic heterocycles. The Morgan fingerprint density at radius 2 is 2.00 bits per heavy atom. The van der Waals surface area contributed by atoms with Crippen LogP contribution < -0.4 is 11.1 Å². The fourth-order valence-electron chi connectivity index (χ4n) is 2.94. The van der Waals surface area contributed by atoms with Crippen LogP contribution in [-0.2, 0) is 4.79 Å². The minimum Gasteiger partial charge on any atom is -0.352 e. The van der Waals surface area contributed by atoms with E-state index >= 15 is 0 Å². The van der Waals surface area contributed by atoms with E-state index in [0.717, 1.165) is 19.5 Å². The van der Waals surface area contributed by atoms with Crippen LogP contribution in [0.25, 0.3) is 0 Å². The quantitative estimate of drug-likeness (QED) is 0.751. The number of carbonyl (C=O) groups excluding carboxylic acids is 1. The monoisotopic (exact) mass is 283 g/mol. The third-order valence-corrected chi connectivity index (χ3v) is 4.48. The van der Waals surface area contributed by atoms with E-state index in [-0.39, 0.29) is 11.3 Å². The summed E-state index contributed by atoms with van der Waals surface area (Å²) in [6.07, 6.45) is 4.92. The predicted octanol–water partition coefficient (Wildman–Crippen LogP) is 1.99. The lowest BCUT2D eigenvalue weighted by Gasteiger charge is -2.33. The molecule has 0 radical (unpaired) electrons. The summed E-state index contributed by atoms with van der Waals surface area (Å²) >= 11 is 0. The lowest BCUT2D eigenvalue weighted by Crippen LogP contribution is -2.48. The van der Waals surface area contributed by atoms with Gasteiger partial charge in [-0.25, -0.2) is 0 Å². The third-order valence-electron chi connectivity index (χ3n) is 4.48. The van der Waals surface area contributed by atoms with Crippen LogP contribution in [-0.4, -0.2) is 43.0 Å². The van der Waals surface area contributed by atoms with Crippen molar-refractivity contribution in [3.8, 4) is 0 Å². The standard InChI is InChI=1S/C16H33N3O/c1-5-19(12-16(3,4)11-17)10-15(20)18-14-9-7-6-8-13(14)2/h13-14H,5-12,17H2,1-4H3,(H,18,20). The van der Waals surface area contributed by atoms with Crippen molar-refractivity contribution >= 4 is 5.91 Å². The Hall–Kier alpha value is -0.610. The van der Waals surface area contributed by atoms with Crippen LogP contribution in [0.3, 0.4) is 0 Å². The Morgan fingerprint density at radius 1 is 1.35 bits per heavy atom. The van der Waals surface area contributed by atoms with Crippen LogP contribution in [0, 0.1) is 11.3 Å². The molecular weight excluding hydrogens is 250 g/mol. The Bertz CT molecular complexity index is 304. The molecule has 0 aromatic rings. The normalized spacial score (nSPS) is 23.9. The average Bonchev–Trinajstić information content (AvgIpc) is 2.40. The fraction of sp³-hybridized carbons (Fsp3) is 0.938. The van der Waals surface area contributed by atoms with E-state index in [2.05, 4.69) is 37.9 Å². The minimum atomic E-state index is 0.0639. The van der Waals surface area contributed by atoms with Gasteiger partial charge in [0.25, 0.3) is 0 Å². The zero-order valence-corrected chi connectivity index (χ0v) is 13.7. The average molecular weight is 283 g/mol. The zero-order valence-electron chi connectivity index (χ0n) is 13.7. The lowest BCUT2D eigenvalue weighted by molar-refractivity contribution is -0.123. The Balaban J connectivity index is 2.42. The topological polar surface area (TPSA) is 58.4 Å². The van der Waals surface area contributed by atoms with Gasteiger partial charge in [-0.1, -0.05) is 40.5 Å². The highest BCUT2D eigenvalue weighted by Crippen LogP contribution is 2.23. The molecule has 0 aromatic carbocycles. The number of amides is 1. The molecule has 3 N–H and O–H groups in total. The summed E-state index contributed by atoms with van der Waals surface area (Å²) in [7, 11) is 0. The van der Waals surface area contributed by atoms with Gasteiger partial charge in [0.1, 0.15) is 0 Å². The van der Waals surface area contributed by atoms with Crippen molar-refractivity contribution in [2.24, 2.45) is 17.1 Å². The van der Waals surface area contributed by atoms with Crippen molar-refractivity contribution in [3.05, 3.63) is 0 Å². The van der Waals surface area contributed by atoms with Crippen LogP contribution in [0.2, 0.25) is 0 Å². The summed E-state index contributed by atoms with van der Waals surface area (Å²) in [5, 5.41) is 3.23. The smallest absolute Gasteiger partial charge is 0.234 e. The highest BCUT2D eigenvalue weighted by atomic mass is 16.2. The maximum absolute atomic E-state index is 12.2. The van der Waals surface area contributed by atoms with Crippen LogP contribution >= 0.6 is 0 Å². The Labute approximate surface area is 124 Å². The minimum absolute atomic E-state index is 0.0639. The second-order valence-corrected chi connectivity index (χ2v) is 7.11. The predicted molar refractivity (Wildman–Crippen MR) is 84.5 cm³/mol. The molecule has 1 aliphatic carbocycles. The number of nitrogens with one attached hydrogen (secondary N) is 1. The lowest BCUT2D eigenvalue weighted by atomic mass is 9.86. The van der Waals surface area contributed by atoms with E-state index < -0.39 is 0 Å². The molecule has 0 aromatic heterocycles. The van der Waals surface area contributed by atoms with Crippen molar-refractivity contribution in [1.29, 1.82) is 0 Å². The SMILES string of the molecule is CCN(CC(=O)NC1CCCCC1C)CC(C)(C)CN. The van der Waals surface area contributed by atoms with Crippen LogP contribution in [0.5, 0.6) is 0 Å². The van der Waals surface area contributed by atoms with E-state index in [4.69, 9.17) is 5.73 Å². The van der Waals surface area contributed by atoms with Gasteiger partial charge in [-0.3, -0.25) is 9.69 Å². The molecule has 20 heavy (non-hydrogen) atoms. The van der Waals surface area contributed by atoms with Crippen LogP contribution in [0.15, 0.2) is 0 Å². The summed E-state index contributed by atoms with van der Waals surface area (Å²) in [6.45, 7) is 11.5. The third kappa shape index (κ3) is 5.80. The molecule has 1 aliphatic rings. The molecule has 1 amide bonds. The van der Waals surface area contributed by atoms with E-state index in [1.165, 1.54) is 19.3 Å². The molecule has 0 bridgehead atoms. The maximum atomic E-state index is 12.2. The highest BCUT2D eigenvalue weighted by Gasteiger charge is 2.25. The summed E-state index contributed by atoms with van der Waals surface area (Å²) in [5.41, 5.74) is 5.84. The van der Waals surface area contributed by atoms with E-state index in [1.807, 2.05) is 0 Å². The van der Waals surface area contributed by atoms with Gasteiger partial charge in [-0.05, 0) is 37.3 Å². The van der Waals surface area contributed by atoms with Crippen molar-refractivity contribution in [2.45, 2.75) is 59.4 Å². The van der Waals surface area contributed by atoms with Gasteiger partial charge in [-0.2, -0.15) is 0 Å². The number of carbonyl (C=O) groups is 1. The van der Waals surface area contributed by atoms with Crippen molar-refractivity contribution < 1.29 is 4.79 Å². The molecule has 0 spiro atoms. The molecule has 4 heteroatoms. The summed E-state index contributed by atoms with van der Waals surface area (Å²) in [5.74, 6) is 0.779. The molecule has 1 fully saturated rings. The van der Waals surface area contributed by atoms with Gasteiger partial charge in [0.2, 0.25) is 5.91 Å². The molecule has 2 atom stereocenters. The number of hydrogen-bond donors (Lipinski definition) is 2. The Morgan fingerprint density at radius 3 is 2.55 bits per heavy atom. The number of rotatable bonds is 7. The molecule has 0 saturated heterocycles. The van der Waals surface area contributed by atoms with Gasteiger partial charge >= 0.3 is 0 Å². The first-order valence-electron chi connectivity index (χ1n) is 8.09. The number of likely N-dealkylation sites (N-methyl/N-ethyl adjacent to an activating group) is 1. The molecule has 2 unspecified atom stereocenters. The maximum Gasteiger partial charge on any atom is 0.234 e. The molecule has 0 heterocycles. The van der Waals surface area contributed by atoms with Gasteiger partial charge in [0.15, 0.2) is 0 Å². The zero-order chi connectivity index (χ0) is 15.2. The second-order valence-electron chi connectivity index (χ2n) is 7.11. The first-order valence-corrected chi connectivity index (χ1v) is 8.09. The van der Waals surface area contributed by atoms with Gasteiger partial charge in [-0.15, -0.1) is 0 Å². The molecule has 1 saturated carbocycles. The summed E-state index contributed by atoms with van der Waals surface area (Å²) in [4.78, 5) is 14.4. The van der Waals surface area contributed by atoms with Gasteiger partial charge < -0.3 is 11.1 Å². The molecular formula is C16H33N3O. The van der Waals surface area contributed by atoms with Gasteiger partial charge in [0.05, 0.1) is 6.54 Å². The summed E-state index contributed by atoms with van der Waals surface area (Å²) < 4.78 is 0. The first-order chi connectivity index (χ1) is 9.38. The largest absolute Gasteiger partial charge is 0.352 e. The fourth-order valence-corrected chi connectivity index (χ4v) is 2.94. The van der Waals surface area contributed by atoms with Crippen LogP contribution in [0.1, 0.15) is 53.4 Å². The second kappa shape index (κ2) is 7.99. The van der Waals surface area contributed by atoms with Crippen molar-refractivity contribution in [2.75, 3.05) is 26.2 Å².